The Morgan fingerprint density at radius 2 is 1.16 bits per heavy atom. The Labute approximate surface area is 281 Å². The topological polar surface area (TPSA) is 132 Å². The van der Waals surface area contributed by atoms with E-state index in [-0.39, 0.29) is 38.4 Å². The molecule has 242 valence electrons. The maximum Gasteiger partial charge on any atom is 0.267 e. The van der Waals surface area contributed by atoms with Crippen molar-refractivity contribution in [3.05, 3.63) is 39.8 Å². The van der Waals surface area contributed by atoms with Crippen molar-refractivity contribution in [2.45, 2.75) is 41.5 Å². The first-order valence-electron chi connectivity index (χ1n) is 13.0. The molecule has 0 saturated carbocycles. The molecule has 0 bridgehead atoms. The number of hydrogen-bond donors (Lipinski definition) is 2. The van der Waals surface area contributed by atoms with Gasteiger partial charge in [0.2, 0.25) is 0 Å². The van der Waals surface area contributed by atoms with Crippen LogP contribution in [0.4, 0.5) is 17.1 Å². The second-order valence-corrected chi connectivity index (χ2v) is 14.6. The molecule has 3 N–H and O–H groups in total. The number of nitrogens with zero attached hydrogens (tertiary/aromatic N) is 5. The van der Waals surface area contributed by atoms with Crippen LogP contribution in [0.5, 0.6) is 5.75 Å². The van der Waals surface area contributed by atoms with Crippen molar-refractivity contribution in [1.29, 1.82) is 0 Å². The number of hydrogen-bond acceptors (Lipinski definition) is 10. The van der Waals surface area contributed by atoms with Crippen LogP contribution in [-0.2, 0) is 0 Å². The Kier molecular flexibility index (Phi) is 15.0. The number of amides is 3. The lowest BCUT2D eigenvalue weighted by Crippen LogP contribution is -2.21. The number of aliphatic imine (C=N–C) groups is 2. The predicted molar refractivity (Wildman–Crippen MR) is 189 cm³/mol. The van der Waals surface area contributed by atoms with Gasteiger partial charge in [-0.15, -0.1) is 34.0 Å². The summed E-state index contributed by atoms with van der Waals surface area (Å²) in [6.07, 6.45) is 0. The number of aromatic hydroxyl groups is 1. The highest BCUT2D eigenvalue weighted by atomic mass is 35.5. The molecule has 0 fully saturated rings. The normalized spacial score (nSPS) is 10.0. The number of anilines is 1. The minimum Gasteiger partial charge on any atom is -0.504 e. The van der Waals surface area contributed by atoms with E-state index in [0.717, 1.165) is 50.1 Å². The summed E-state index contributed by atoms with van der Waals surface area (Å²) < 4.78 is 0.812. The number of nitrogen functional groups attached to an aromatic ring is 1. The first-order valence-corrected chi connectivity index (χ1v) is 16.3. The summed E-state index contributed by atoms with van der Waals surface area (Å²) in [6.45, 7) is 11.5. The molecule has 0 aliphatic heterocycles. The molecule has 0 atom stereocenters. The zero-order valence-corrected chi connectivity index (χ0v) is 31.0. The summed E-state index contributed by atoms with van der Waals surface area (Å²) in [6, 6.07) is 0. The zero-order valence-electron chi connectivity index (χ0n) is 27.0. The summed E-state index contributed by atoms with van der Waals surface area (Å²) in [4.78, 5) is 49.8. The van der Waals surface area contributed by atoms with Crippen LogP contribution in [0.3, 0.4) is 0 Å². The van der Waals surface area contributed by atoms with Crippen LogP contribution in [0.2, 0.25) is 8.67 Å². The van der Waals surface area contributed by atoms with Crippen LogP contribution in [0.1, 0.15) is 67.8 Å². The lowest BCUT2D eigenvalue weighted by molar-refractivity contribution is 0.0822. The summed E-state index contributed by atoms with van der Waals surface area (Å²) >= 11 is 15.4. The quantitative estimate of drug-likeness (QED) is 0.262. The van der Waals surface area contributed by atoms with Gasteiger partial charge in [-0.1, -0.05) is 23.2 Å². The van der Waals surface area contributed by atoms with Gasteiger partial charge in [-0.05, 0) is 52.7 Å². The fourth-order valence-corrected chi connectivity index (χ4v) is 6.77. The molecule has 3 rings (SSSR count). The standard InChI is InChI=1S/C11H15ClN2OS.C11H16N2OS.C7H9ClN2O2S/c1-6(2)13-8-7(3)9(16-10(8)12)11(15)14(4)5;1-7(2)12-9-6-15-10(8(9)3)11(14)13(4)5;1-10(2)7(12)5-4(11)3(9)6(8)13-5/h1-5H3;6H,1-5H3;11H,9H2,1-2H3. The Morgan fingerprint density at radius 1 is 0.727 bits per heavy atom. The predicted octanol–water partition coefficient (Wildman–Crippen LogP) is 7.79. The van der Waals surface area contributed by atoms with E-state index in [1.165, 1.54) is 27.6 Å². The Bertz CT molecular complexity index is 1560. The maximum absolute atomic E-state index is 11.8. The molecule has 0 saturated heterocycles. The minimum atomic E-state index is -0.305. The van der Waals surface area contributed by atoms with E-state index in [1.807, 2.05) is 46.9 Å². The first-order chi connectivity index (χ1) is 20.2. The molecule has 3 aromatic heterocycles. The lowest BCUT2D eigenvalue weighted by Gasteiger charge is -2.08. The highest BCUT2D eigenvalue weighted by Crippen LogP contribution is 2.41. The van der Waals surface area contributed by atoms with Crippen molar-refractivity contribution in [3.8, 4) is 5.75 Å². The van der Waals surface area contributed by atoms with Crippen LogP contribution in [-0.4, -0.2) is 91.2 Å². The van der Waals surface area contributed by atoms with Gasteiger partial charge in [0, 0.05) is 59.1 Å². The fourth-order valence-electron chi connectivity index (χ4n) is 3.16. The van der Waals surface area contributed by atoms with E-state index in [2.05, 4.69) is 9.98 Å². The zero-order chi connectivity index (χ0) is 34.2. The smallest absolute Gasteiger partial charge is 0.267 e. The molecule has 0 spiro atoms. The second-order valence-electron chi connectivity index (χ2n) is 10.4. The van der Waals surface area contributed by atoms with Gasteiger partial charge in [-0.3, -0.25) is 24.4 Å². The first kappa shape index (κ1) is 39.1. The van der Waals surface area contributed by atoms with Crippen LogP contribution < -0.4 is 5.73 Å². The molecule has 15 heteroatoms. The van der Waals surface area contributed by atoms with Crippen molar-refractivity contribution in [1.82, 2.24) is 14.7 Å². The molecule has 0 radical (unpaired) electrons. The highest BCUT2D eigenvalue weighted by molar-refractivity contribution is 7.19. The van der Waals surface area contributed by atoms with Gasteiger partial charge in [0.15, 0.2) is 5.75 Å². The van der Waals surface area contributed by atoms with E-state index in [9.17, 15) is 19.5 Å². The average molecular weight is 704 g/mol. The van der Waals surface area contributed by atoms with Gasteiger partial charge in [-0.25, -0.2) is 0 Å². The van der Waals surface area contributed by atoms with Gasteiger partial charge in [0.05, 0.1) is 21.1 Å². The maximum atomic E-state index is 11.8. The molecule has 0 aliphatic rings. The molecule has 10 nitrogen and oxygen atoms in total. The summed E-state index contributed by atoms with van der Waals surface area (Å²) in [7, 11) is 10.1. The number of rotatable bonds is 5. The summed E-state index contributed by atoms with van der Waals surface area (Å²) in [5.74, 6) is -0.512. The Balaban J connectivity index is 0.000000332. The monoisotopic (exact) mass is 702 g/mol. The SMILES string of the molecule is CC(C)=Nc1c(Cl)sc(C(=O)N(C)C)c1C.CC(C)=Nc1csc(C(=O)N(C)C)c1C.CN(C)C(=O)c1sc(Cl)c(N)c1O. The van der Waals surface area contributed by atoms with Crippen molar-refractivity contribution >= 4 is 103 Å². The van der Waals surface area contributed by atoms with E-state index < -0.39 is 0 Å². The van der Waals surface area contributed by atoms with E-state index >= 15 is 0 Å². The number of thiophene rings is 3. The highest BCUT2D eigenvalue weighted by Gasteiger charge is 2.22. The molecule has 44 heavy (non-hydrogen) atoms. The van der Waals surface area contributed by atoms with Gasteiger partial charge >= 0.3 is 0 Å². The average Bonchev–Trinajstić information content (AvgIpc) is 3.51. The number of halogens is 2. The number of nitrogens with two attached hydrogens (primary N) is 1. The molecular formula is C29H40Cl2N6O4S3. The molecule has 3 heterocycles. The van der Waals surface area contributed by atoms with Crippen LogP contribution in [0, 0.1) is 13.8 Å². The van der Waals surface area contributed by atoms with Crippen molar-refractivity contribution in [2.24, 2.45) is 9.98 Å². The van der Waals surface area contributed by atoms with Gasteiger partial charge in [0.1, 0.15) is 19.2 Å². The van der Waals surface area contributed by atoms with Gasteiger partial charge < -0.3 is 25.5 Å². The van der Waals surface area contributed by atoms with Gasteiger partial charge in [-0.2, -0.15) is 0 Å². The third-order valence-corrected chi connectivity index (χ3v) is 9.37. The van der Waals surface area contributed by atoms with E-state index in [4.69, 9.17) is 28.9 Å². The van der Waals surface area contributed by atoms with Crippen LogP contribution in [0.25, 0.3) is 0 Å². The summed E-state index contributed by atoms with van der Waals surface area (Å²) in [5, 5.41) is 11.3. The van der Waals surface area contributed by atoms with Gasteiger partial charge in [0.25, 0.3) is 17.7 Å². The van der Waals surface area contributed by atoms with Crippen molar-refractivity contribution in [2.75, 3.05) is 48.0 Å². The molecule has 3 aromatic rings. The summed E-state index contributed by atoms with van der Waals surface area (Å²) in [5.41, 5.74) is 10.8. The molecule has 0 aliphatic carbocycles. The molecule has 0 aromatic carbocycles. The molecular weight excluding hydrogens is 663 g/mol. The Hall–Kier alpha value is -2.97. The largest absolute Gasteiger partial charge is 0.504 e. The third-order valence-electron chi connectivity index (χ3n) is 5.44. The molecule has 0 unspecified atom stereocenters. The second kappa shape index (κ2) is 16.9. The lowest BCUT2D eigenvalue weighted by atomic mass is 10.2. The number of carbonyl (C=O) groups is 3. The van der Waals surface area contributed by atoms with Crippen LogP contribution >= 0.6 is 57.2 Å². The molecule has 3 amide bonds. The van der Waals surface area contributed by atoms with E-state index in [0.29, 0.717) is 9.21 Å². The van der Waals surface area contributed by atoms with Crippen LogP contribution in [0.15, 0.2) is 15.4 Å². The third kappa shape index (κ3) is 10.3. The number of carbonyl (C=O) groups excluding carboxylic acids is 3. The van der Waals surface area contributed by atoms with E-state index in [1.54, 1.807) is 52.1 Å². The Morgan fingerprint density at radius 3 is 1.57 bits per heavy atom. The van der Waals surface area contributed by atoms with Crippen molar-refractivity contribution in [3.63, 3.8) is 0 Å². The fraction of sp³-hybridized carbons (Fsp3) is 0.414. The van der Waals surface area contributed by atoms with Crippen molar-refractivity contribution < 1.29 is 19.5 Å². The minimum absolute atomic E-state index is 0.0281.